The number of ether oxygens (including phenoxy) is 1. The van der Waals surface area contributed by atoms with E-state index < -0.39 is 0 Å². The van der Waals surface area contributed by atoms with E-state index in [-0.39, 0.29) is 11.4 Å². The van der Waals surface area contributed by atoms with Crippen molar-refractivity contribution in [1.29, 1.82) is 0 Å². The molecule has 0 heterocycles. The molecular formula is C12H17ClN2O2. The number of amidine groups is 1. The van der Waals surface area contributed by atoms with E-state index in [1.165, 1.54) is 0 Å². The molecule has 0 bridgehead atoms. The number of nitrogens with two attached hydrogens (primary N) is 1. The molecule has 0 aliphatic heterocycles. The van der Waals surface area contributed by atoms with Gasteiger partial charge < -0.3 is 15.7 Å². The molecule has 0 aliphatic carbocycles. The van der Waals surface area contributed by atoms with Gasteiger partial charge >= 0.3 is 0 Å². The van der Waals surface area contributed by atoms with Crippen LogP contribution in [-0.4, -0.2) is 16.6 Å². The van der Waals surface area contributed by atoms with Crippen LogP contribution in [0.3, 0.4) is 0 Å². The fourth-order valence-electron chi connectivity index (χ4n) is 1.18. The van der Waals surface area contributed by atoms with Gasteiger partial charge in [-0.2, -0.15) is 0 Å². The molecule has 0 fully saturated rings. The van der Waals surface area contributed by atoms with Crippen molar-refractivity contribution < 1.29 is 9.94 Å². The van der Waals surface area contributed by atoms with Gasteiger partial charge in [0.05, 0.1) is 12.2 Å². The number of nitrogens with zero attached hydrogens (tertiary/aromatic N) is 1. The first kappa shape index (κ1) is 13.8. The van der Waals surface area contributed by atoms with Crippen LogP contribution >= 0.6 is 11.6 Å². The van der Waals surface area contributed by atoms with Crippen LogP contribution in [0.25, 0.3) is 0 Å². The first-order valence-electron chi connectivity index (χ1n) is 5.24. The summed E-state index contributed by atoms with van der Waals surface area (Å²) in [6.45, 7) is 6.36. The minimum absolute atomic E-state index is 0.0372. The normalized spacial score (nSPS) is 12.8. The van der Waals surface area contributed by atoms with Crippen molar-refractivity contribution in [3.63, 3.8) is 0 Å². The maximum absolute atomic E-state index is 8.55. The molecule has 0 unspecified atom stereocenters. The van der Waals surface area contributed by atoms with E-state index in [2.05, 4.69) is 5.16 Å². The van der Waals surface area contributed by atoms with E-state index in [0.29, 0.717) is 17.2 Å². The van der Waals surface area contributed by atoms with Crippen LogP contribution in [0, 0.1) is 0 Å². The number of benzene rings is 1. The lowest BCUT2D eigenvalue weighted by atomic mass is 10.1. The van der Waals surface area contributed by atoms with Gasteiger partial charge in [0.2, 0.25) is 0 Å². The summed E-state index contributed by atoms with van der Waals surface area (Å²) in [5, 5.41) is 12.0. The maximum Gasteiger partial charge on any atom is 0.170 e. The fraction of sp³-hybridized carbons (Fsp3) is 0.417. The SMILES string of the molecule is CC(C)(C)OCc1ccc(/C(N)=N/O)cc1Cl. The molecule has 1 rings (SSSR count). The van der Waals surface area contributed by atoms with Crippen molar-refractivity contribution in [3.8, 4) is 0 Å². The van der Waals surface area contributed by atoms with Crippen molar-refractivity contribution in [2.24, 2.45) is 10.9 Å². The Kier molecular flexibility index (Phi) is 4.37. The van der Waals surface area contributed by atoms with Crippen LogP contribution in [0.5, 0.6) is 0 Å². The Morgan fingerprint density at radius 2 is 2.12 bits per heavy atom. The molecule has 4 nitrogen and oxygen atoms in total. The highest BCUT2D eigenvalue weighted by atomic mass is 35.5. The minimum Gasteiger partial charge on any atom is -0.409 e. The molecule has 0 saturated carbocycles. The van der Waals surface area contributed by atoms with Gasteiger partial charge in [-0.05, 0) is 32.4 Å². The second kappa shape index (κ2) is 5.38. The predicted octanol–water partition coefficient (Wildman–Crippen LogP) is 2.75. The first-order valence-corrected chi connectivity index (χ1v) is 5.61. The van der Waals surface area contributed by atoms with Crippen LogP contribution in [0.4, 0.5) is 0 Å². The van der Waals surface area contributed by atoms with Gasteiger partial charge in [0.15, 0.2) is 5.84 Å². The Bertz CT molecular complexity index is 425. The zero-order chi connectivity index (χ0) is 13.1. The molecule has 0 radical (unpaired) electrons. The summed E-state index contributed by atoms with van der Waals surface area (Å²) in [4.78, 5) is 0. The number of rotatable bonds is 3. The molecule has 94 valence electrons. The topological polar surface area (TPSA) is 67.8 Å². The van der Waals surface area contributed by atoms with Crippen molar-refractivity contribution in [2.45, 2.75) is 33.0 Å². The lowest BCUT2D eigenvalue weighted by Gasteiger charge is -2.20. The Hall–Kier alpha value is -1.26. The number of hydrogen-bond acceptors (Lipinski definition) is 3. The molecule has 17 heavy (non-hydrogen) atoms. The van der Waals surface area contributed by atoms with Crippen LogP contribution < -0.4 is 5.73 Å². The highest BCUT2D eigenvalue weighted by molar-refractivity contribution is 6.31. The molecular weight excluding hydrogens is 240 g/mol. The van der Waals surface area contributed by atoms with E-state index in [9.17, 15) is 0 Å². The third-order valence-electron chi connectivity index (χ3n) is 2.12. The number of oxime groups is 1. The molecule has 1 aromatic carbocycles. The molecule has 5 heteroatoms. The summed E-state index contributed by atoms with van der Waals surface area (Å²) < 4.78 is 5.63. The van der Waals surface area contributed by atoms with Crippen molar-refractivity contribution >= 4 is 17.4 Å². The van der Waals surface area contributed by atoms with Crippen LogP contribution in [0.1, 0.15) is 31.9 Å². The fourth-order valence-corrected chi connectivity index (χ4v) is 1.41. The molecule has 0 spiro atoms. The van der Waals surface area contributed by atoms with Crippen LogP contribution in [-0.2, 0) is 11.3 Å². The van der Waals surface area contributed by atoms with Crippen molar-refractivity contribution in [1.82, 2.24) is 0 Å². The molecule has 0 aliphatic rings. The maximum atomic E-state index is 8.55. The quantitative estimate of drug-likeness (QED) is 0.378. The number of hydrogen-bond donors (Lipinski definition) is 2. The van der Waals surface area contributed by atoms with E-state index >= 15 is 0 Å². The van der Waals surface area contributed by atoms with E-state index in [4.69, 9.17) is 27.3 Å². The smallest absolute Gasteiger partial charge is 0.170 e. The van der Waals surface area contributed by atoms with Gasteiger partial charge in [-0.3, -0.25) is 0 Å². The van der Waals surface area contributed by atoms with Gasteiger partial charge in [-0.15, -0.1) is 0 Å². The Morgan fingerprint density at radius 3 is 2.59 bits per heavy atom. The molecule has 0 aromatic heterocycles. The molecule has 3 N–H and O–H groups in total. The summed E-state index contributed by atoms with van der Waals surface area (Å²) in [6.07, 6.45) is 0. The van der Waals surface area contributed by atoms with Gasteiger partial charge in [-0.1, -0.05) is 28.9 Å². The van der Waals surface area contributed by atoms with E-state index in [1.54, 1.807) is 18.2 Å². The summed E-state index contributed by atoms with van der Waals surface area (Å²) in [7, 11) is 0. The summed E-state index contributed by atoms with van der Waals surface area (Å²) in [5.41, 5.74) is 6.70. The minimum atomic E-state index is -0.215. The highest BCUT2D eigenvalue weighted by Gasteiger charge is 2.12. The Labute approximate surface area is 106 Å². The Morgan fingerprint density at radius 1 is 1.47 bits per heavy atom. The van der Waals surface area contributed by atoms with Crippen molar-refractivity contribution in [2.75, 3.05) is 0 Å². The monoisotopic (exact) mass is 256 g/mol. The highest BCUT2D eigenvalue weighted by Crippen LogP contribution is 2.21. The standard InChI is InChI=1S/C12H17ClN2O2/c1-12(2,3)17-7-9-5-4-8(6-10(9)13)11(14)15-16/h4-6,16H,7H2,1-3H3,(H2,14,15). The van der Waals surface area contributed by atoms with E-state index in [0.717, 1.165) is 5.56 Å². The lowest BCUT2D eigenvalue weighted by Crippen LogP contribution is -2.19. The van der Waals surface area contributed by atoms with Crippen LogP contribution in [0.2, 0.25) is 5.02 Å². The third kappa shape index (κ3) is 4.24. The summed E-state index contributed by atoms with van der Waals surface area (Å²) in [5.74, 6) is 0.0372. The molecule has 0 atom stereocenters. The lowest BCUT2D eigenvalue weighted by molar-refractivity contribution is -0.0149. The second-order valence-electron chi connectivity index (χ2n) is 4.69. The van der Waals surface area contributed by atoms with Crippen LogP contribution in [0.15, 0.2) is 23.4 Å². The number of halogens is 1. The summed E-state index contributed by atoms with van der Waals surface area (Å²) >= 11 is 6.09. The van der Waals surface area contributed by atoms with E-state index in [1.807, 2.05) is 20.8 Å². The zero-order valence-electron chi connectivity index (χ0n) is 10.2. The van der Waals surface area contributed by atoms with Gasteiger partial charge in [0.25, 0.3) is 0 Å². The first-order chi connectivity index (χ1) is 7.83. The van der Waals surface area contributed by atoms with Crippen molar-refractivity contribution in [3.05, 3.63) is 34.3 Å². The largest absolute Gasteiger partial charge is 0.409 e. The van der Waals surface area contributed by atoms with Gasteiger partial charge in [-0.25, -0.2) is 0 Å². The zero-order valence-corrected chi connectivity index (χ0v) is 11.0. The average molecular weight is 257 g/mol. The molecule has 1 aromatic rings. The third-order valence-corrected chi connectivity index (χ3v) is 2.47. The Balaban J connectivity index is 2.84. The average Bonchev–Trinajstić information content (AvgIpc) is 2.25. The molecule has 0 saturated heterocycles. The van der Waals surface area contributed by atoms with Gasteiger partial charge in [0.1, 0.15) is 0 Å². The van der Waals surface area contributed by atoms with Gasteiger partial charge in [0, 0.05) is 10.6 Å². The summed E-state index contributed by atoms with van der Waals surface area (Å²) in [6, 6.07) is 5.20. The predicted molar refractivity (Wildman–Crippen MR) is 68.5 cm³/mol. The molecule has 0 amide bonds. The second-order valence-corrected chi connectivity index (χ2v) is 5.10.